The summed E-state index contributed by atoms with van der Waals surface area (Å²) in [4.78, 5) is 0. The Morgan fingerprint density at radius 3 is 2.67 bits per heavy atom. The summed E-state index contributed by atoms with van der Waals surface area (Å²) in [5, 5.41) is 13.9. The highest BCUT2D eigenvalue weighted by molar-refractivity contribution is 5.22. The Labute approximate surface area is 91.3 Å². The normalized spacial score (nSPS) is 25.9. The van der Waals surface area contributed by atoms with E-state index in [0.29, 0.717) is 5.92 Å². The summed E-state index contributed by atoms with van der Waals surface area (Å²) in [6, 6.07) is 9.97. The topological polar surface area (TPSA) is 32.3 Å². The zero-order valence-electron chi connectivity index (χ0n) is 9.24. The largest absolute Gasteiger partial charge is 0.385 e. The third kappa shape index (κ3) is 2.21. The van der Waals surface area contributed by atoms with Crippen LogP contribution in [-0.2, 0) is 5.60 Å². The first-order chi connectivity index (χ1) is 7.21. The number of benzene rings is 1. The monoisotopic (exact) mass is 205 g/mol. The maximum atomic E-state index is 10.6. The van der Waals surface area contributed by atoms with Gasteiger partial charge in [-0.3, -0.25) is 0 Å². The van der Waals surface area contributed by atoms with Crippen LogP contribution in [0.2, 0.25) is 0 Å². The fourth-order valence-electron chi connectivity index (χ4n) is 2.34. The number of aliphatic hydroxyl groups is 1. The van der Waals surface area contributed by atoms with Gasteiger partial charge >= 0.3 is 0 Å². The van der Waals surface area contributed by atoms with Crippen LogP contribution in [0.3, 0.4) is 0 Å². The van der Waals surface area contributed by atoms with Gasteiger partial charge in [-0.25, -0.2) is 0 Å². The molecule has 2 heteroatoms. The third-order valence-electron chi connectivity index (χ3n) is 3.45. The first-order valence-corrected chi connectivity index (χ1v) is 5.70. The van der Waals surface area contributed by atoms with Gasteiger partial charge in [0.05, 0.1) is 5.60 Å². The second-order valence-corrected chi connectivity index (χ2v) is 4.56. The second kappa shape index (κ2) is 4.33. The van der Waals surface area contributed by atoms with Crippen LogP contribution < -0.4 is 5.32 Å². The van der Waals surface area contributed by atoms with Crippen molar-refractivity contribution in [3.8, 4) is 0 Å². The molecular weight excluding hydrogens is 186 g/mol. The molecule has 0 radical (unpaired) electrons. The molecule has 1 aromatic carbocycles. The van der Waals surface area contributed by atoms with E-state index in [0.717, 1.165) is 31.5 Å². The molecule has 1 aliphatic rings. The molecule has 0 saturated carbocycles. The number of hydrogen-bond acceptors (Lipinski definition) is 2. The summed E-state index contributed by atoms with van der Waals surface area (Å²) in [7, 11) is 0. The third-order valence-corrected chi connectivity index (χ3v) is 3.45. The summed E-state index contributed by atoms with van der Waals surface area (Å²) < 4.78 is 0. The Morgan fingerprint density at radius 1 is 1.33 bits per heavy atom. The number of piperidine rings is 1. The first kappa shape index (κ1) is 10.7. The lowest BCUT2D eigenvalue weighted by atomic mass is 9.79. The van der Waals surface area contributed by atoms with Crippen molar-refractivity contribution in [2.75, 3.05) is 13.1 Å². The van der Waals surface area contributed by atoms with Crippen LogP contribution in [0.25, 0.3) is 0 Å². The van der Waals surface area contributed by atoms with Gasteiger partial charge in [0, 0.05) is 12.5 Å². The van der Waals surface area contributed by atoms with Gasteiger partial charge in [-0.05, 0) is 31.9 Å². The van der Waals surface area contributed by atoms with E-state index in [1.807, 2.05) is 37.3 Å². The Balaban J connectivity index is 2.18. The number of rotatable bonds is 2. The molecule has 0 bridgehead atoms. The average molecular weight is 205 g/mol. The molecule has 2 N–H and O–H groups in total. The molecule has 0 aliphatic carbocycles. The Morgan fingerprint density at radius 2 is 2.07 bits per heavy atom. The summed E-state index contributed by atoms with van der Waals surface area (Å²) in [6.45, 7) is 3.93. The van der Waals surface area contributed by atoms with Gasteiger partial charge < -0.3 is 10.4 Å². The molecule has 0 spiro atoms. The van der Waals surface area contributed by atoms with Crippen molar-refractivity contribution >= 4 is 0 Å². The standard InChI is InChI=1S/C13H19NO/c1-13(15,11-6-3-2-4-7-11)12-8-5-9-14-10-12/h2-4,6-7,12,14-15H,5,8-10H2,1H3. The number of hydrogen-bond donors (Lipinski definition) is 2. The van der Waals surface area contributed by atoms with Gasteiger partial charge in [0.25, 0.3) is 0 Å². The Hall–Kier alpha value is -0.860. The van der Waals surface area contributed by atoms with Crippen LogP contribution in [0.15, 0.2) is 30.3 Å². The van der Waals surface area contributed by atoms with E-state index in [9.17, 15) is 5.11 Å². The van der Waals surface area contributed by atoms with E-state index in [-0.39, 0.29) is 0 Å². The molecule has 1 aliphatic heterocycles. The molecule has 82 valence electrons. The molecule has 2 unspecified atom stereocenters. The molecule has 0 aromatic heterocycles. The Bertz CT molecular complexity index is 302. The molecule has 1 aromatic rings. The van der Waals surface area contributed by atoms with E-state index >= 15 is 0 Å². The highest BCUT2D eigenvalue weighted by atomic mass is 16.3. The lowest BCUT2D eigenvalue weighted by molar-refractivity contribution is -0.0156. The smallest absolute Gasteiger partial charge is 0.0908 e. The van der Waals surface area contributed by atoms with E-state index in [1.165, 1.54) is 0 Å². The molecule has 1 saturated heterocycles. The SMILES string of the molecule is CC(O)(c1ccccc1)C1CCCNC1. The molecule has 1 fully saturated rings. The van der Waals surface area contributed by atoms with Crippen molar-refractivity contribution in [2.45, 2.75) is 25.4 Å². The Kier molecular flexibility index (Phi) is 3.08. The lowest BCUT2D eigenvalue weighted by Gasteiger charge is -2.36. The van der Waals surface area contributed by atoms with Gasteiger partial charge in [0.2, 0.25) is 0 Å². The van der Waals surface area contributed by atoms with Crippen molar-refractivity contribution < 1.29 is 5.11 Å². The molecular formula is C13H19NO. The number of nitrogens with one attached hydrogen (secondary N) is 1. The highest BCUT2D eigenvalue weighted by Crippen LogP contribution is 2.32. The first-order valence-electron chi connectivity index (χ1n) is 5.70. The molecule has 1 heterocycles. The van der Waals surface area contributed by atoms with Crippen LogP contribution >= 0.6 is 0 Å². The van der Waals surface area contributed by atoms with Crippen LogP contribution in [-0.4, -0.2) is 18.2 Å². The van der Waals surface area contributed by atoms with Crippen molar-refractivity contribution in [1.29, 1.82) is 0 Å². The molecule has 2 rings (SSSR count). The van der Waals surface area contributed by atoms with E-state index in [4.69, 9.17) is 0 Å². The average Bonchev–Trinajstić information content (AvgIpc) is 2.31. The highest BCUT2D eigenvalue weighted by Gasteiger charge is 2.34. The van der Waals surface area contributed by atoms with Crippen LogP contribution in [0.4, 0.5) is 0 Å². The van der Waals surface area contributed by atoms with Crippen molar-refractivity contribution in [3.05, 3.63) is 35.9 Å². The van der Waals surface area contributed by atoms with Gasteiger partial charge in [0.1, 0.15) is 0 Å². The summed E-state index contributed by atoms with van der Waals surface area (Å²) in [5.41, 5.74) is 0.327. The van der Waals surface area contributed by atoms with Crippen molar-refractivity contribution in [2.24, 2.45) is 5.92 Å². The van der Waals surface area contributed by atoms with Crippen molar-refractivity contribution in [3.63, 3.8) is 0 Å². The molecule has 2 atom stereocenters. The summed E-state index contributed by atoms with van der Waals surface area (Å²) in [5.74, 6) is 0.327. The van der Waals surface area contributed by atoms with Crippen molar-refractivity contribution in [1.82, 2.24) is 5.32 Å². The van der Waals surface area contributed by atoms with Gasteiger partial charge in [-0.1, -0.05) is 30.3 Å². The van der Waals surface area contributed by atoms with Gasteiger partial charge in [0.15, 0.2) is 0 Å². The lowest BCUT2D eigenvalue weighted by Crippen LogP contribution is -2.42. The van der Waals surface area contributed by atoms with Crippen LogP contribution in [0.1, 0.15) is 25.3 Å². The maximum absolute atomic E-state index is 10.6. The van der Waals surface area contributed by atoms with E-state index in [2.05, 4.69) is 5.32 Å². The van der Waals surface area contributed by atoms with Crippen LogP contribution in [0.5, 0.6) is 0 Å². The molecule has 0 amide bonds. The molecule has 2 nitrogen and oxygen atoms in total. The fourth-order valence-corrected chi connectivity index (χ4v) is 2.34. The van der Waals surface area contributed by atoms with Gasteiger partial charge in [-0.2, -0.15) is 0 Å². The fraction of sp³-hybridized carbons (Fsp3) is 0.538. The zero-order valence-corrected chi connectivity index (χ0v) is 9.24. The summed E-state index contributed by atoms with van der Waals surface area (Å²) >= 11 is 0. The van der Waals surface area contributed by atoms with E-state index < -0.39 is 5.60 Å². The van der Waals surface area contributed by atoms with Gasteiger partial charge in [-0.15, -0.1) is 0 Å². The summed E-state index contributed by atoms with van der Waals surface area (Å²) in [6.07, 6.45) is 2.27. The predicted molar refractivity (Wildman–Crippen MR) is 61.6 cm³/mol. The van der Waals surface area contributed by atoms with Crippen LogP contribution in [0, 0.1) is 5.92 Å². The predicted octanol–water partition coefficient (Wildman–Crippen LogP) is 1.89. The molecule has 15 heavy (non-hydrogen) atoms. The minimum absolute atomic E-state index is 0.327. The second-order valence-electron chi connectivity index (χ2n) is 4.56. The zero-order chi connectivity index (χ0) is 10.7. The minimum Gasteiger partial charge on any atom is -0.385 e. The minimum atomic E-state index is -0.700. The van der Waals surface area contributed by atoms with E-state index in [1.54, 1.807) is 0 Å². The quantitative estimate of drug-likeness (QED) is 0.773. The maximum Gasteiger partial charge on any atom is 0.0908 e.